The molecule has 1 nitrogen and oxygen atoms in total. The molecule has 1 N–H and O–H groups in total. The maximum absolute atomic E-state index is 13.4. The highest BCUT2D eigenvalue weighted by molar-refractivity contribution is 5.26. The van der Waals surface area contributed by atoms with Crippen molar-refractivity contribution in [3.63, 3.8) is 0 Å². The zero-order valence-corrected chi connectivity index (χ0v) is 12.9. The van der Waals surface area contributed by atoms with Gasteiger partial charge in [-0.15, -0.1) is 0 Å². The smallest absolute Gasteiger partial charge is 0.126 e. The monoisotopic (exact) mass is 277 g/mol. The van der Waals surface area contributed by atoms with Gasteiger partial charge < -0.3 is 5.32 Å². The molecule has 112 valence electrons. The van der Waals surface area contributed by atoms with Crippen LogP contribution in [0.3, 0.4) is 0 Å². The van der Waals surface area contributed by atoms with Crippen molar-refractivity contribution in [1.29, 1.82) is 0 Å². The molecule has 0 aromatic heterocycles. The second kappa shape index (κ2) is 7.78. The van der Waals surface area contributed by atoms with E-state index in [1.807, 2.05) is 19.1 Å². The molecule has 0 bridgehead atoms. The Kier molecular flexibility index (Phi) is 6.03. The van der Waals surface area contributed by atoms with E-state index in [1.165, 1.54) is 50.5 Å². The first-order valence-corrected chi connectivity index (χ1v) is 8.20. The molecule has 0 saturated heterocycles. The molecule has 1 aromatic rings. The Labute approximate surface area is 123 Å². The fourth-order valence-corrected chi connectivity index (χ4v) is 3.40. The lowest BCUT2D eigenvalue weighted by molar-refractivity contribution is 0.359. The van der Waals surface area contributed by atoms with E-state index >= 15 is 0 Å². The average molecular weight is 277 g/mol. The third-order valence-corrected chi connectivity index (χ3v) is 4.58. The summed E-state index contributed by atoms with van der Waals surface area (Å²) in [5.41, 5.74) is 2.00. The number of aryl methyl sites for hydroxylation is 1. The lowest BCUT2D eigenvalue weighted by atomic mass is 9.89. The normalized spacial score (nSPS) is 18.8. The Balaban J connectivity index is 2.06. The van der Waals surface area contributed by atoms with Crippen LogP contribution in [0.25, 0.3) is 0 Å². The summed E-state index contributed by atoms with van der Waals surface area (Å²) in [6.07, 6.45) is 9.48. The molecule has 0 aliphatic heterocycles. The first kappa shape index (κ1) is 15.5. The van der Waals surface area contributed by atoms with Gasteiger partial charge in [0.25, 0.3) is 0 Å². The van der Waals surface area contributed by atoms with E-state index in [0.717, 1.165) is 18.0 Å². The van der Waals surface area contributed by atoms with Crippen molar-refractivity contribution in [2.75, 3.05) is 6.54 Å². The second-order valence-electron chi connectivity index (χ2n) is 6.21. The lowest BCUT2D eigenvalue weighted by Gasteiger charge is -2.24. The summed E-state index contributed by atoms with van der Waals surface area (Å²) >= 11 is 0. The van der Waals surface area contributed by atoms with Crippen LogP contribution in [0.2, 0.25) is 0 Å². The van der Waals surface area contributed by atoms with Crippen molar-refractivity contribution in [3.05, 3.63) is 35.1 Å². The van der Waals surface area contributed by atoms with Crippen LogP contribution < -0.4 is 5.32 Å². The van der Waals surface area contributed by atoms with Crippen molar-refractivity contribution >= 4 is 0 Å². The number of halogens is 1. The Morgan fingerprint density at radius 1 is 1.20 bits per heavy atom. The third-order valence-electron chi connectivity index (χ3n) is 4.58. The highest BCUT2D eigenvalue weighted by Gasteiger charge is 2.19. The Bertz CT molecular complexity index is 408. The minimum atomic E-state index is -0.0986. The molecule has 1 fully saturated rings. The fourth-order valence-electron chi connectivity index (χ4n) is 3.40. The summed E-state index contributed by atoms with van der Waals surface area (Å²) in [6.45, 7) is 4.97. The molecule has 20 heavy (non-hydrogen) atoms. The van der Waals surface area contributed by atoms with E-state index in [0.29, 0.717) is 6.04 Å². The molecule has 1 aliphatic carbocycles. The van der Waals surface area contributed by atoms with Crippen LogP contribution in [0.4, 0.5) is 4.39 Å². The van der Waals surface area contributed by atoms with Crippen molar-refractivity contribution in [3.8, 4) is 0 Å². The predicted molar refractivity (Wildman–Crippen MR) is 83.4 cm³/mol. The third kappa shape index (κ3) is 4.31. The van der Waals surface area contributed by atoms with Gasteiger partial charge in [-0.3, -0.25) is 0 Å². The van der Waals surface area contributed by atoms with Gasteiger partial charge in [-0.05, 0) is 43.0 Å². The minimum absolute atomic E-state index is 0.0986. The quantitative estimate of drug-likeness (QED) is 0.734. The highest BCUT2D eigenvalue weighted by atomic mass is 19.1. The lowest BCUT2D eigenvalue weighted by Crippen LogP contribution is -2.23. The van der Waals surface area contributed by atoms with Crippen LogP contribution in [0.15, 0.2) is 18.2 Å². The largest absolute Gasteiger partial charge is 0.310 e. The summed E-state index contributed by atoms with van der Waals surface area (Å²) in [6, 6.07) is 5.95. The maximum Gasteiger partial charge on any atom is 0.126 e. The first-order valence-electron chi connectivity index (χ1n) is 8.20. The molecule has 2 rings (SSSR count). The van der Waals surface area contributed by atoms with Crippen molar-refractivity contribution in [2.45, 2.75) is 64.8 Å². The van der Waals surface area contributed by atoms with Crippen molar-refractivity contribution in [2.24, 2.45) is 5.92 Å². The standard InChI is InChI=1S/C18H28FN/c1-3-20-18(13-15-8-6-4-5-7-9-15)16-10-11-17(19)14(2)12-16/h10-12,15,18,20H,3-9,13H2,1-2H3. The molecule has 0 amide bonds. The van der Waals surface area contributed by atoms with E-state index in [4.69, 9.17) is 0 Å². The predicted octanol–water partition coefficient (Wildman–Crippen LogP) is 5.15. The summed E-state index contributed by atoms with van der Waals surface area (Å²) in [4.78, 5) is 0. The van der Waals surface area contributed by atoms with Gasteiger partial charge in [0.1, 0.15) is 5.82 Å². The molecular formula is C18H28FN. The topological polar surface area (TPSA) is 12.0 Å². The van der Waals surface area contributed by atoms with Crippen LogP contribution in [0.5, 0.6) is 0 Å². The van der Waals surface area contributed by atoms with E-state index in [2.05, 4.69) is 12.2 Å². The van der Waals surface area contributed by atoms with Gasteiger partial charge in [-0.25, -0.2) is 4.39 Å². The summed E-state index contributed by atoms with van der Waals surface area (Å²) < 4.78 is 13.4. The van der Waals surface area contributed by atoms with Crippen LogP contribution in [0.1, 0.15) is 69.0 Å². The van der Waals surface area contributed by atoms with Gasteiger partial charge in [0.05, 0.1) is 0 Å². The first-order chi connectivity index (χ1) is 9.70. The number of benzene rings is 1. The van der Waals surface area contributed by atoms with Crippen LogP contribution in [0, 0.1) is 18.7 Å². The van der Waals surface area contributed by atoms with E-state index in [1.54, 1.807) is 6.07 Å². The summed E-state index contributed by atoms with van der Waals surface area (Å²) in [5, 5.41) is 3.59. The number of hydrogen-bond donors (Lipinski definition) is 1. The SMILES string of the molecule is CCNC(CC1CCCCCC1)c1ccc(F)c(C)c1. The minimum Gasteiger partial charge on any atom is -0.310 e. The summed E-state index contributed by atoms with van der Waals surface area (Å²) in [5.74, 6) is 0.727. The van der Waals surface area contributed by atoms with Crippen molar-refractivity contribution < 1.29 is 4.39 Å². The molecule has 1 aliphatic rings. The molecule has 0 heterocycles. The van der Waals surface area contributed by atoms with Gasteiger partial charge in [-0.2, -0.15) is 0 Å². The zero-order valence-electron chi connectivity index (χ0n) is 12.9. The van der Waals surface area contributed by atoms with Gasteiger partial charge in [0.2, 0.25) is 0 Å². The van der Waals surface area contributed by atoms with Gasteiger partial charge >= 0.3 is 0 Å². The zero-order chi connectivity index (χ0) is 14.4. The molecule has 0 radical (unpaired) electrons. The van der Waals surface area contributed by atoms with Crippen LogP contribution in [-0.2, 0) is 0 Å². The van der Waals surface area contributed by atoms with E-state index < -0.39 is 0 Å². The molecule has 1 atom stereocenters. The molecule has 1 aromatic carbocycles. The van der Waals surface area contributed by atoms with Gasteiger partial charge in [-0.1, -0.05) is 57.6 Å². The number of hydrogen-bond acceptors (Lipinski definition) is 1. The van der Waals surface area contributed by atoms with Crippen molar-refractivity contribution in [1.82, 2.24) is 5.32 Å². The number of nitrogens with one attached hydrogen (secondary N) is 1. The van der Waals surface area contributed by atoms with Crippen LogP contribution in [-0.4, -0.2) is 6.54 Å². The Morgan fingerprint density at radius 2 is 1.90 bits per heavy atom. The highest BCUT2D eigenvalue weighted by Crippen LogP contribution is 2.31. The second-order valence-corrected chi connectivity index (χ2v) is 6.21. The molecule has 0 spiro atoms. The van der Waals surface area contributed by atoms with E-state index in [9.17, 15) is 4.39 Å². The van der Waals surface area contributed by atoms with Gasteiger partial charge in [0.15, 0.2) is 0 Å². The molecule has 1 saturated carbocycles. The molecular weight excluding hydrogens is 249 g/mol. The fraction of sp³-hybridized carbons (Fsp3) is 0.667. The maximum atomic E-state index is 13.4. The molecule has 2 heteroatoms. The summed E-state index contributed by atoms with van der Waals surface area (Å²) in [7, 11) is 0. The van der Waals surface area contributed by atoms with Gasteiger partial charge in [0, 0.05) is 6.04 Å². The Morgan fingerprint density at radius 3 is 2.50 bits per heavy atom. The number of rotatable bonds is 5. The Hall–Kier alpha value is -0.890. The van der Waals surface area contributed by atoms with E-state index in [-0.39, 0.29) is 5.82 Å². The van der Waals surface area contributed by atoms with Crippen LogP contribution >= 0.6 is 0 Å². The molecule has 1 unspecified atom stereocenters. The average Bonchev–Trinajstić information content (AvgIpc) is 2.70.